The number of aryl methyl sites for hydroxylation is 2. The normalized spacial score (nSPS) is 20.4. The average Bonchev–Trinajstić information content (AvgIpc) is 2.66. The molecular weight excluding hydrogens is 242 g/mol. The minimum absolute atomic E-state index is 0.451. The predicted octanol–water partition coefficient (Wildman–Crippen LogP) is 5.31. The van der Waals surface area contributed by atoms with Crippen molar-refractivity contribution in [1.29, 1.82) is 0 Å². The van der Waals surface area contributed by atoms with E-state index in [-0.39, 0.29) is 0 Å². The lowest BCUT2D eigenvalue weighted by Crippen LogP contribution is -2.35. The van der Waals surface area contributed by atoms with Crippen LogP contribution >= 0.6 is 0 Å². The summed E-state index contributed by atoms with van der Waals surface area (Å²) in [7, 11) is 0. The molecule has 0 heterocycles. The van der Waals surface area contributed by atoms with E-state index in [4.69, 9.17) is 0 Å². The van der Waals surface area contributed by atoms with Gasteiger partial charge in [-0.2, -0.15) is 0 Å². The number of hydrogen-bond donors (Lipinski definition) is 1. The molecule has 1 saturated carbocycles. The third kappa shape index (κ3) is 4.34. The van der Waals surface area contributed by atoms with Gasteiger partial charge in [0.2, 0.25) is 0 Å². The third-order valence-corrected chi connectivity index (χ3v) is 4.86. The number of nitrogens with one attached hydrogen (secondary N) is 1. The first-order chi connectivity index (χ1) is 9.56. The van der Waals surface area contributed by atoms with Crippen molar-refractivity contribution in [3.8, 4) is 0 Å². The standard InChI is InChI=1S/C19H31N/c1-14-11-15(2)13-19(12-14)17(4)20-16(3)18-9-7-5-6-8-10-18/h11-13,16-18,20H,5-10H2,1-4H3/t16-,17?/m1/s1. The highest BCUT2D eigenvalue weighted by atomic mass is 14.9. The zero-order valence-corrected chi connectivity index (χ0v) is 13.7. The molecule has 1 aliphatic carbocycles. The molecule has 1 aliphatic rings. The maximum Gasteiger partial charge on any atom is 0.0294 e. The molecule has 0 radical (unpaired) electrons. The summed E-state index contributed by atoms with van der Waals surface area (Å²) in [6.07, 6.45) is 8.55. The van der Waals surface area contributed by atoms with E-state index in [9.17, 15) is 0 Å². The fourth-order valence-electron chi connectivity index (χ4n) is 3.70. The highest BCUT2D eigenvalue weighted by Gasteiger charge is 2.20. The van der Waals surface area contributed by atoms with E-state index in [2.05, 4.69) is 51.2 Å². The lowest BCUT2D eigenvalue weighted by Gasteiger charge is -2.27. The quantitative estimate of drug-likeness (QED) is 0.733. The van der Waals surface area contributed by atoms with Crippen LogP contribution in [0, 0.1) is 19.8 Å². The molecule has 0 bridgehead atoms. The Morgan fingerprint density at radius 1 is 0.900 bits per heavy atom. The van der Waals surface area contributed by atoms with Gasteiger partial charge >= 0.3 is 0 Å². The Hall–Kier alpha value is -0.820. The maximum atomic E-state index is 3.85. The van der Waals surface area contributed by atoms with Crippen molar-refractivity contribution < 1.29 is 0 Å². The van der Waals surface area contributed by atoms with Gasteiger partial charge in [0, 0.05) is 12.1 Å². The Kier molecular flexibility index (Phi) is 5.65. The van der Waals surface area contributed by atoms with Gasteiger partial charge in [0.15, 0.2) is 0 Å². The maximum absolute atomic E-state index is 3.85. The zero-order chi connectivity index (χ0) is 14.5. The molecule has 0 amide bonds. The van der Waals surface area contributed by atoms with Crippen molar-refractivity contribution in [2.24, 2.45) is 5.92 Å². The van der Waals surface area contributed by atoms with E-state index in [1.54, 1.807) is 0 Å². The van der Waals surface area contributed by atoms with E-state index in [0.29, 0.717) is 12.1 Å². The Bertz CT molecular complexity index is 396. The van der Waals surface area contributed by atoms with Crippen LogP contribution in [0.15, 0.2) is 18.2 Å². The Labute approximate surface area is 125 Å². The third-order valence-electron chi connectivity index (χ3n) is 4.86. The van der Waals surface area contributed by atoms with E-state index in [0.717, 1.165) is 5.92 Å². The van der Waals surface area contributed by atoms with Crippen molar-refractivity contribution in [3.63, 3.8) is 0 Å². The molecule has 1 nitrogen and oxygen atoms in total. The molecule has 1 fully saturated rings. The van der Waals surface area contributed by atoms with Crippen LogP contribution in [-0.2, 0) is 0 Å². The monoisotopic (exact) mass is 273 g/mol. The van der Waals surface area contributed by atoms with Crippen LogP contribution in [-0.4, -0.2) is 6.04 Å². The van der Waals surface area contributed by atoms with Crippen molar-refractivity contribution in [2.75, 3.05) is 0 Å². The second kappa shape index (κ2) is 7.26. The fourth-order valence-corrected chi connectivity index (χ4v) is 3.70. The summed E-state index contributed by atoms with van der Waals surface area (Å²) in [4.78, 5) is 0. The highest BCUT2D eigenvalue weighted by molar-refractivity contribution is 5.30. The largest absolute Gasteiger partial charge is 0.307 e. The summed E-state index contributed by atoms with van der Waals surface area (Å²) in [5.41, 5.74) is 4.18. The summed E-state index contributed by atoms with van der Waals surface area (Å²) in [5, 5.41) is 3.85. The lowest BCUT2D eigenvalue weighted by molar-refractivity contribution is 0.316. The summed E-state index contributed by atoms with van der Waals surface area (Å²) < 4.78 is 0. The van der Waals surface area contributed by atoms with E-state index in [1.807, 2.05) is 0 Å². The molecule has 1 aromatic rings. The van der Waals surface area contributed by atoms with Gasteiger partial charge in [0.05, 0.1) is 0 Å². The molecule has 0 saturated heterocycles. The van der Waals surface area contributed by atoms with Crippen LogP contribution in [0.5, 0.6) is 0 Å². The van der Waals surface area contributed by atoms with Gasteiger partial charge in [-0.15, -0.1) is 0 Å². The molecule has 0 spiro atoms. The van der Waals surface area contributed by atoms with Gasteiger partial charge in [0.25, 0.3) is 0 Å². The van der Waals surface area contributed by atoms with Gasteiger partial charge in [-0.25, -0.2) is 0 Å². The molecule has 20 heavy (non-hydrogen) atoms. The van der Waals surface area contributed by atoms with Crippen LogP contribution < -0.4 is 5.32 Å². The first kappa shape index (κ1) is 15.6. The minimum atomic E-state index is 0.451. The average molecular weight is 273 g/mol. The molecule has 0 aliphatic heterocycles. The van der Waals surface area contributed by atoms with Crippen LogP contribution in [0.1, 0.15) is 75.1 Å². The van der Waals surface area contributed by atoms with Crippen molar-refractivity contribution >= 4 is 0 Å². The van der Waals surface area contributed by atoms with Gasteiger partial charge in [-0.05, 0) is 52.0 Å². The van der Waals surface area contributed by atoms with Crippen LogP contribution in [0.3, 0.4) is 0 Å². The molecule has 2 rings (SSSR count). The first-order valence-electron chi connectivity index (χ1n) is 8.40. The topological polar surface area (TPSA) is 12.0 Å². The van der Waals surface area contributed by atoms with Gasteiger partial charge in [0.1, 0.15) is 0 Å². The van der Waals surface area contributed by atoms with Crippen LogP contribution in [0.2, 0.25) is 0 Å². The van der Waals surface area contributed by atoms with E-state index in [1.165, 1.54) is 55.2 Å². The number of benzene rings is 1. The molecule has 1 N–H and O–H groups in total. The lowest BCUT2D eigenvalue weighted by atomic mass is 9.91. The minimum Gasteiger partial charge on any atom is -0.307 e. The predicted molar refractivity (Wildman–Crippen MR) is 88.1 cm³/mol. The molecule has 1 aromatic carbocycles. The highest BCUT2D eigenvalue weighted by Crippen LogP contribution is 2.27. The Morgan fingerprint density at radius 3 is 2.00 bits per heavy atom. The summed E-state index contributed by atoms with van der Waals surface area (Å²) in [5.74, 6) is 0.867. The number of hydrogen-bond acceptors (Lipinski definition) is 1. The number of rotatable bonds is 4. The van der Waals surface area contributed by atoms with Gasteiger partial charge in [-0.1, -0.05) is 55.0 Å². The molecular formula is C19H31N. The Balaban J connectivity index is 1.97. The summed E-state index contributed by atoms with van der Waals surface area (Å²) in [6.45, 7) is 9.08. The second-order valence-electron chi connectivity index (χ2n) is 6.85. The van der Waals surface area contributed by atoms with Gasteiger partial charge < -0.3 is 5.32 Å². The summed E-state index contributed by atoms with van der Waals surface area (Å²) in [6, 6.07) is 7.98. The molecule has 1 unspecified atom stereocenters. The SMILES string of the molecule is Cc1cc(C)cc(C(C)N[C@H](C)C2CCCCCC2)c1. The first-order valence-corrected chi connectivity index (χ1v) is 8.40. The van der Waals surface area contributed by atoms with Crippen molar-refractivity contribution in [2.45, 2.75) is 78.3 Å². The Morgan fingerprint density at radius 2 is 1.45 bits per heavy atom. The van der Waals surface area contributed by atoms with Crippen molar-refractivity contribution in [3.05, 3.63) is 34.9 Å². The van der Waals surface area contributed by atoms with Crippen LogP contribution in [0.4, 0.5) is 0 Å². The van der Waals surface area contributed by atoms with Crippen LogP contribution in [0.25, 0.3) is 0 Å². The summed E-state index contributed by atoms with van der Waals surface area (Å²) >= 11 is 0. The molecule has 112 valence electrons. The molecule has 0 aromatic heterocycles. The second-order valence-corrected chi connectivity index (χ2v) is 6.85. The van der Waals surface area contributed by atoms with Gasteiger partial charge in [-0.3, -0.25) is 0 Å². The van der Waals surface area contributed by atoms with E-state index < -0.39 is 0 Å². The molecule has 2 atom stereocenters. The van der Waals surface area contributed by atoms with Crippen molar-refractivity contribution in [1.82, 2.24) is 5.32 Å². The smallest absolute Gasteiger partial charge is 0.0294 e. The fraction of sp³-hybridized carbons (Fsp3) is 0.684. The van der Waals surface area contributed by atoms with E-state index >= 15 is 0 Å². The molecule has 1 heteroatoms. The zero-order valence-electron chi connectivity index (χ0n) is 13.7.